The van der Waals surface area contributed by atoms with Gasteiger partial charge in [-0.15, -0.1) is 0 Å². The van der Waals surface area contributed by atoms with Crippen molar-refractivity contribution in [3.05, 3.63) is 24.3 Å². The molecule has 37 heavy (non-hydrogen) atoms. The molecule has 10 nitrogen and oxygen atoms in total. The maximum atomic E-state index is 12.5. The molecule has 0 heterocycles. The Balaban J connectivity index is 6.01. The number of nitrogens with one attached hydrogen (secondary N) is 2. The predicted octanol–water partition coefficient (Wildman–Crippen LogP) is 4.68. The number of ether oxygens (including phenoxy) is 4. The third-order valence-electron chi connectivity index (χ3n) is 6.50. The molecule has 10 heteroatoms. The fourth-order valence-corrected chi connectivity index (χ4v) is 4.36. The lowest BCUT2D eigenvalue weighted by atomic mass is 9.59. The molecule has 0 aromatic rings. The van der Waals surface area contributed by atoms with Gasteiger partial charge < -0.3 is 29.6 Å². The topological polar surface area (TPSA) is 129 Å². The molecule has 0 saturated carbocycles. The zero-order valence-electron chi connectivity index (χ0n) is 23.6. The Hall–Kier alpha value is -3.04. The Morgan fingerprint density at radius 1 is 0.811 bits per heavy atom. The molecule has 0 aliphatic heterocycles. The Labute approximate surface area is 221 Å². The zero-order chi connectivity index (χ0) is 28.6. The van der Waals surface area contributed by atoms with Gasteiger partial charge in [-0.25, -0.2) is 19.2 Å². The highest BCUT2D eigenvalue weighted by Gasteiger charge is 2.49. The smallest absolute Gasteiger partial charge is 0.407 e. The number of alkyl carbamates (subject to hydrolysis) is 2. The molecule has 1 unspecified atom stereocenters. The number of rotatable bonds is 17. The van der Waals surface area contributed by atoms with Gasteiger partial charge in [0, 0.05) is 28.6 Å². The van der Waals surface area contributed by atoms with Crippen LogP contribution in [-0.2, 0) is 28.5 Å². The minimum Gasteiger partial charge on any atom is -0.462 e. The lowest BCUT2D eigenvalue weighted by Gasteiger charge is -2.51. The zero-order valence-corrected chi connectivity index (χ0v) is 23.6. The second-order valence-corrected chi connectivity index (χ2v) is 9.65. The first kappa shape index (κ1) is 34.0. The van der Waals surface area contributed by atoms with Gasteiger partial charge in [0.15, 0.2) is 0 Å². The van der Waals surface area contributed by atoms with Crippen LogP contribution in [0.3, 0.4) is 0 Å². The molecule has 2 N–H and O–H groups in total. The average molecular weight is 527 g/mol. The highest BCUT2D eigenvalue weighted by Crippen LogP contribution is 2.47. The highest BCUT2D eigenvalue weighted by molar-refractivity contribution is 5.87. The Morgan fingerprint density at radius 2 is 1.27 bits per heavy atom. The van der Waals surface area contributed by atoms with Crippen LogP contribution < -0.4 is 10.6 Å². The molecule has 0 aliphatic carbocycles. The van der Waals surface area contributed by atoms with E-state index in [9.17, 15) is 19.2 Å². The van der Waals surface area contributed by atoms with Gasteiger partial charge in [0.1, 0.15) is 0 Å². The summed E-state index contributed by atoms with van der Waals surface area (Å²) in [6, 6.07) is 0. The van der Waals surface area contributed by atoms with Crippen LogP contribution in [-0.4, -0.2) is 62.6 Å². The maximum absolute atomic E-state index is 12.5. The van der Waals surface area contributed by atoms with Crippen molar-refractivity contribution in [2.45, 2.75) is 79.7 Å². The van der Waals surface area contributed by atoms with Crippen molar-refractivity contribution in [1.29, 1.82) is 0 Å². The van der Waals surface area contributed by atoms with E-state index in [1.807, 2.05) is 20.8 Å². The molecule has 0 radical (unpaired) electrons. The summed E-state index contributed by atoms with van der Waals surface area (Å²) in [5.41, 5.74) is -1.00. The molecule has 212 valence electrons. The third-order valence-corrected chi connectivity index (χ3v) is 6.50. The van der Waals surface area contributed by atoms with Crippen molar-refractivity contribution < 1.29 is 38.1 Å². The van der Waals surface area contributed by atoms with Crippen LogP contribution in [0.2, 0.25) is 0 Å². The van der Waals surface area contributed by atoms with Crippen molar-refractivity contribution in [3.8, 4) is 0 Å². The van der Waals surface area contributed by atoms with Gasteiger partial charge in [-0.3, -0.25) is 0 Å². The molecule has 0 spiro atoms. The minimum absolute atomic E-state index is 0.0689. The van der Waals surface area contributed by atoms with E-state index >= 15 is 0 Å². The Morgan fingerprint density at radius 3 is 1.70 bits per heavy atom. The largest absolute Gasteiger partial charge is 0.462 e. The van der Waals surface area contributed by atoms with Gasteiger partial charge in [0.2, 0.25) is 0 Å². The van der Waals surface area contributed by atoms with E-state index in [4.69, 9.17) is 18.9 Å². The molecule has 2 amide bonds. The molecule has 0 aromatic carbocycles. The van der Waals surface area contributed by atoms with Crippen LogP contribution in [0.5, 0.6) is 0 Å². The molecule has 0 aromatic heterocycles. The first-order valence-corrected chi connectivity index (χ1v) is 12.7. The SMILES string of the molecule is C=C(C)C(=O)OCCC(CCOC(=O)C(=C)C)(C(C)CCCNC(=O)OCC)C(C)(C)NC(=O)OCC. The maximum Gasteiger partial charge on any atom is 0.407 e. The average Bonchev–Trinajstić information content (AvgIpc) is 2.79. The lowest BCUT2D eigenvalue weighted by Crippen LogP contribution is -2.59. The summed E-state index contributed by atoms with van der Waals surface area (Å²) in [5.74, 6) is -1.09. The number of hydrogen-bond acceptors (Lipinski definition) is 8. The molecule has 0 saturated heterocycles. The van der Waals surface area contributed by atoms with Gasteiger partial charge in [0.25, 0.3) is 0 Å². The summed E-state index contributed by atoms with van der Waals surface area (Å²) in [7, 11) is 0. The van der Waals surface area contributed by atoms with Gasteiger partial charge in [-0.05, 0) is 73.1 Å². The molecule has 0 fully saturated rings. The number of hydrogen-bond donors (Lipinski definition) is 2. The van der Waals surface area contributed by atoms with Crippen LogP contribution >= 0.6 is 0 Å². The summed E-state index contributed by atoms with van der Waals surface area (Å²) in [6.07, 6.45) is 0.956. The minimum atomic E-state index is -0.863. The quantitative estimate of drug-likeness (QED) is 0.121. The summed E-state index contributed by atoms with van der Waals surface area (Å²) >= 11 is 0. The van der Waals surface area contributed by atoms with E-state index in [-0.39, 0.29) is 43.5 Å². The number of carbonyl (C=O) groups excluding carboxylic acids is 4. The van der Waals surface area contributed by atoms with E-state index in [1.165, 1.54) is 0 Å². The fourth-order valence-electron chi connectivity index (χ4n) is 4.36. The number of amides is 2. The molecular formula is C27H46N2O8. The fraction of sp³-hybridized carbons (Fsp3) is 0.704. The van der Waals surface area contributed by atoms with Crippen molar-refractivity contribution in [1.82, 2.24) is 10.6 Å². The first-order chi connectivity index (χ1) is 17.2. The van der Waals surface area contributed by atoms with Crippen LogP contribution in [0, 0.1) is 11.3 Å². The molecule has 0 rings (SSSR count). The third kappa shape index (κ3) is 11.7. The highest BCUT2D eigenvalue weighted by atomic mass is 16.6. The van der Waals surface area contributed by atoms with Gasteiger partial charge >= 0.3 is 24.1 Å². The second-order valence-electron chi connectivity index (χ2n) is 9.65. The molecule has 1 atom stereocenters. The van der Waals surface area contributed by atoms with Crippen LogP contribution in [0.1, 0.15) is 74.1 Å². The van der Waals surface area contributed by atoms with E-state index in [1.54, 1.807) is 27.7 Å². The standard InChI is InChI=1S/C27H46N2O8/c1-10-34-24(32)28-16-12-13-21(7)27(14-17-36-22(30)19(3)4,15-18-37-23(31)20(5)6)26(8,9)29-25(33)35-11-2/h21H,3,5,10-18H2,1-2,4,6-9H3,(H,28,32)(H,29,33). The first-order valence-electron chi connectivity index (χ1n) is 12.7. The van der Waals surface area contributed by atoms with Crippen molar-refractivity contribution in [2.24, 2.45) is 11.3 Å². The Kier molecular flexibility index (Phi) is 15.3. The monoisotopic (exact) mass is 526 g/mol. The van der Waals surface area contributed by atoms with Crippen LogP contribution in [0.15, 0.2) is 24.3 Å². The van der Waals surface area contributed by atoms with Crippen molar-refractivity contribution in [2.75, 3.05) is 33.0 Å². The lowest BCUT2D eigenvalue weighted by molar-refractivity contribution is -0.142. The summed E-state index contributed by atoms with van der Waals surface area (Å²) in [6.45, 7) is 20.6. The molecular weight excluding hydrogens is 480 g/mol. The molecule has 0 bridgehead atoms. The number of carbonyl (C=O) groups is 4. The van der Waals surface area contributed by atoms with E-state index in [0.717, 1.165) is 0 Å². The van der Waals surface area contributed by atoms with E-state index in [0.29, 0.717) is 32.2 Å². The van der Waals surface area contributed by atoms with E-state index in [2.05, 4.69) is 23.8 Å². The predicted molar refractivity (Wildman–Crippen MR) is 141 cm³/mol. The van der Waals surface area contributed by atoms with Crippen LogP contribution in [0.4, 0.5) is 9.59 Å². The van der Waals surface area contributed by atoms with E-state index < -0.39 is 35.1 Å². The Bertz CT molecular complexity index is 774. The van der Waals surface area contributed by atoms with Crippen molar-refractivity contribution in [3.63, 3.8) is 0 Å². The summed E-state index contributed by atoms with van der Waals surface area (Å²) in [5, 5.41) is 5.67. The normalized spacial score (nSPS) is 12.1. The van der Waals surface area contributed by atoms with Gasteiger partial charge in [-0.2, -0.15) is 0 Å². The summed E-state index contributed by atoms with van der Waals surface area (Å²) < 4.78 is 20.9. The number of esters is 2. The van der Waals surface area contributed by atoms with Crippen LogP contribution in [0.25, 0.3) is 0 Å². The van der Waals surface area contributed by atoms with Gasteiger partial charge in [-0.1, -0.05) is 20.1 Å². The van der Waals surface area contributed by atoms with Crippen molar-refractivity contribution >= 4 is 24.1 Å². The molecule has 0 aliphatic rings. The second kappa shape index (κ2) is 16.7. The summed E-state index contributed by atoms with van der Waals surface area (Å²) in [4.78, 5) is 48.3. The van der Waals surface area contributed by atoms with Gasteiger partial charge in [0.05, 0.1) is 26.4 Å².